The van der Waals surface area contributed by atoms with Crippen LogP contribution >= 0.6 is 0 Å². The van der Waals surface area contributed by atoms with Crippen molar-refractivity contribution >= 4 is 49.8 Å². The predicted molar refractivity (Wildman–Crippen MR) is 203 cm³/mol. The number of anilines is 3. The molecule has 1 aromatic heterocycles. The number of para-hydroxylation sites is 2. The number of hydrogen-bond donors (Lipinski definition) is 0. The van der Waals surface area contributed by atoms with Gasteiger partial charge in [-0.25, -0.2) is 0 Å². The van der Waals surface area contributed by atoms with E-state index >= 15 is 0 Å². The third-order valence-electron chi connectivity index (χ3n) is 10.3. The molecule has 8 aromatic carbocycles. The van der Waals surface area contributed by atoms with Crippen LogP contribution in [0.5, 0.6) is 0 Å². The molecular formula is C47H31NO. The third kappa shape index (κ3) is 4.01. The highest BCUT2D eigenvalue weighted by atomic mass is 16.3. The lowest BCUT2D eigenvalue weighted by molar-refractivity contribution is 0.673. The summed E-state index contributed by atoms with van der Waals surface area (Å²) < 4.78 is 6.89. The largest absolute Gasteiger partial charge is 0.453 e. The maximum Gasteiger partial charge on any atom is 0.159 e. The topological polar surface area (TPSA) is 16.4 Å². The quantitative estimate of drug-likeness (QED) is 0.189. The molecule has 0 N–H and O–H groups in total. The first-order valence-electron chi connectivity index (χ1n) is 16.9. The lowest BCUT2D eigenvalue weighted by atomic mass is 9.67. The summed E-state index contributed by atoms with van der Waals surface area (Å²) in [6, 6.07) is 67.9. The van der Waals surface area contributed by atoms with Crippen LogP contribution in [0.15, 0.2) is 192 Å². The molecule has 0 bridgehead atoms. The van der Waals surface area contributed by atoms with E-state index in [0.29, 0.717) is 0 Å². The van der Waals surface area contributed by atoms with Crippen LogP contribution in [0.4, 0.5) is 17.1 Å². The third-order valence-corrected chi connectivity index (χ3v) is 10.3. The van der Waals surface area contributed by atoms with Crippen molar-refractivity contribution in [1.29, 1.82) is 0 Å². The summed E-state index contributed by atoms with van der Waals surface area (Å²) in [6.45, 7) is 0. The van der Waals surface area contributed by atoms with Crippen LogP contribution in [0, 0.1) is 0 Å². The molecule has 10 rings (SSSR count). The van der Waals surface area contributed by atoms with Crippen molar-refractivity contribution in [3.8, 4) is 11.1 Å². The number of rotatable bonds is 5. The van der Waals surface area contributed by atoms with E-state index < -0.39 is 5.41 Å². The first-order chi connectivity index (χ1) is 24.3. The molecule has 2 nitrogen and oxygen atoms in total. The summed E-state index contributed by atoms with van der Waals surface area (Å²) in [4.78, 5) is 2.35. The van der Waals surface area contributed by atoms with Gasteiger partial charge in [-0.3, -0.25) is 0 Å². The molecule has 0 unspecified atom stereocenters. The second-order valence-electron chi connectivity index (χ2n) is 12.8. The van der Waals surface area contributed by atoms with Gasteiger partial charge < -0.3 is 9.32 Å². The summed E-state index contributed by atoms with van der Waals surface area (Å²) in [7, 11) is 0. The molecular weight excluding hydrogens is 595 g/mol. The highest BCUT2D eigenvalue weighted by Gasteiger charge is 2.46. The fourth-order valence-corrected chi connectivity index (χ4v) is 8.28. The van der Waals surface area contributed by atoms with Crippen LogP contribution in [0.1, 0.15) is 22.3 Å². The summed E-state index contributed by atoms with van der Waals surface area (Å²) in [6.07, 6.45) is 0. The second kappa shape index (κ2) is 10.8. The zero-order chi connectivity index (χ0) is 32.4. The van der Waals surface area contributed by atoms with Gasteiger partial charge >= 0.3 is 0 Å². The maximum atomic E-state index is 6.89. The van der Waals surface area contributed by atoms with E-state index in [1.165, 1.54) is 38.8 Å². The Morgan fingerprint density at radius 1 is 0.388 bits per heavy atom. The van der Waals surface area contributed by atoms with Gasteiger partial charge in [-0.2, -0.15) is 0 Å². The van der Waals surface area contributed by atoms with Crippen molar-refractivity contribution in [2.45, 2.75) is 5.41 Å². The molecule has 9 aromatic rings. The van der Waals surface area contributed by atoms with E-state index in [1.54, 1.807) is 0 Å². The van der Waals surface area contributed by atoms with Gasteiger partial charge in [-0.15, -0.1) is 0 Å². The van der Waals surface area contributed by atoms with Gasteiger partial charge in [0.1, 0.15) is 5.58 Å². The van der Waals surface area contributed by atoms with E-state index in [4.69, 9.17) is 4.42 Å². The molecule has 0 atom stereocenters. The average molecular weight is 626 g/mol. The number of furan rings is 1. The Labute approximate surface area is 285 Å². The highest BCUT2D eigenvalue weighted by Crippen LogP contribution is 2.56. The van der Waals surface area contributed by atoms with Crippen molar-refractivity contribution in [3.63, 3.8) is 0 Å². The summed E-state index contributed by atoms with van der Waals surface area (Å²) in [5, 5.41) is 4.53. The molecule has 0 radical (unpaired) electrons. The van der Waals surface area contributed by atoms with E-state index in [1.807, 2.05) is 0 Å². The van der Waals surface area contributed by atoms with E-state index in [0.717, 1.165) is 44.4 Å². The Kier molecular flexibility index (Phi) is 6.13. The predicted octanol–water partition coefficient (Wildman–Crippen LogP) is 12.6. The number of fused-ring (bicyclic) bond motifs is 8. The number of hydrogen-bond acceptors (Lipinski definition) is 2. The monoisotopic (exact) mass is 625 g/mol. The molecule has 2 heteroatoms. The standard InChI is InChI=1S/C47H31NO/c1-3-16-33(17-4-1)47(42-26-11-9-23-38(42)39-24-10-12-27-43(39)47)34-18-13-21-36(31-34)48(35-19-5-2-6-20-35)44-28-14-25-40-41-30-29-32-15-7-8-22-37(32)45(41)49-46(40)44/h1-31H. The minimum atomic E-state index is -0.489. The van der Waals surface area contributed by atoms with Crippen LogP contribution in [0.2, 0.25) is 0 Å². The lowest BCUT2D eigenvalue weighted by Gasteiger charge is -2.35. The smallest absolute Gasteiger partial charge is 0.159 e. The minimum Gasteiger partial charge on any atom is -0.453 e. The minimum absolute atomic E-state index is 0.489. The summed E-state index contributed by atoms with van der Waals surface area (Å²) in [5.41, 5.74) is 12.1. The van der Waals surface area contributed by atoms with Crippen LogP contribution in [-0.4, -0.2) is 0 Å². The molecule has 0 aliphatic heterocycles. The molecule has 0 fully saturated rings. The van der Waals surface area contributed by atoms with Crippen molar-refractivity contribution in [2.75, 3.05) is 4.90 Å². The first-order valence-corrected chi connectivity index (χ1v) is 16.9. The molecule has 0 amide bonds. The Hall–Kier alpha value is -6.38. The fourth-order valence-electron chi connectivity index (χ4n) is 8.28. The van der Waals surface area contributed by atoms with Crippen molar-refractivity contribution in [1.82, 2.24) is 0 Å². The Bertz CT molecular complexity index is 2630. The maximum absolute atomic E-state index is 6.89. The van der Waals surface area contributed by atoms with Gasteiger partial charge in [-0.05, 0) is 75.2 Å². The molecule has 1 aliphatic carbocycles. The first kappa shape index (κ1) is 27.7. The van der Waals surface area contributed by atoms with Crippen LogP contribution in [0.3, 0.4) is 0 Å². The molecule has 1 aliphatic rings. The zero-order valence-corrected chi connectivity index (χ0v) is 26.8. The summed E-state index contributed by atoms with van der Waals surface area (Å²) in [5.74, 6) is 0. The van der Waals surface area contributed by atoms with Crippen LogP contribution in [0.25, 0.3) is 43.8 Å². The number of nitrogens with zero attached hydrogens (tertiary/aromatic N) is 1. The van der Waals surface area contributed by atoms with Gasteiger partial charge in [-0.1, -0.05) is 152 Å². The van der Waals surface area contributed by atoms with Gasteiger partial charge in [0, 0.05) is 27.5 Å². The molecule has 230 valence electrons. The second-order valence-corrected chi connectivity index (χ2v) is 12.8. The van der Waals surface area contributed by atoms with E-state index in [9.17, 15) is 0 Å². The van der Waals surface area contributed by atoms with Crippen molar-refractivity contribution < 1.29 is 4.42 Å². The fraction of sp³-hybridized carbons (Fsp3) is 0.0213. The zero-order valence-electron chi connectivity index (χ0n) is 26.8. The molecule has 0 saturated heterocycles. The van der Waals surface area contributed by atoms with Gasteiger partial charge in [0.05, 0.1) is 11.1 Å². The highest BCUT2D eigenvalue weighted by molar-refractivity contribution is 6.17. The van der Waals surface area contributed by atoms with E-state index in [-0.39, 0.29) is 0 Å². The van der Waals surface area contributed by atoms with Gasteiger partial charge in [0.15, 0.2) is 5.58 Å². The Balaban J connectivity index is 1.25. The molecule has 1 heterocycles. The average Bonchev–Trinajstić information content (AvgIpc) is 3.71. The van der Waals surface area contributed by atoms with Gasteiger partial charge in [0.2, 0.25) is 0 Å². The normalized spacial score (nSPS) is 13.1. The summed E-state index contributed by atoms with van der Waals surface area (Å²) >= 11 is 0. The molecule has 49 heavy (non-hydrogen) atoms. The van der Waals surface area contributed by atoms with Crippen LogP contribution in [-0.2, 0) is 5.41 Å². The van der Waals surface area contributed by atoms with E-state index in [2.05, 4.69) is 193 Å². The van der Waals surface area contributed by atoms with Crippen LogP contribution < -0.4 is 4.90 Å². The van der Waals surface area contributed by atoms with Crippen molar-refractivity contribution in [2.24, 2.45) is 0 Å². The Morgan fingerprint density at radius 3 is 1.73 bits per heavy atom. The SMILES string of the molecule is c1ccc(N(c2cccc(C3(c4ccccc4)c4ccccc4-c4ccccc43)c2)c2cccc3c2oc2c4ccccc4ccc32)cc1. The molecule has 0 spiro atoms. The Morgan fingerprint density at radius 2 is 0.959 bits per heavy atom. The van der Waals surface area contributed by atoms with Gasteiger partial charge in [0.25, 0.3) is 0 Å². The molecule has 0 saturated carbocycles. The van der Waals surface area contributed by atoms with Crippen molar-refractivity contribution in [3.05, 3.63) is 210 Å². The lowest BCUT2D eigenvalue weighted by Crippen LogP contribution is -2.28. The number of benzene rings is 8.